The van der Waals surface area contributed by atoms with Gasteiger partial charge in [-0.15, -0.1) is 0 Å². The third-order valence-electron chi connectivity index (χ3n) is 3.03. The van der Waals surface area contributed by atoms with Gasteiger partial charge in [-0.3, -0.25) is 10.1 Å². The lowest BCUT2D eigenvalue weighted by Crippen LogP contribution is -2.11. The second-order valence-corrected chi connectivity index (χ2v) is 4.18. The number of nitrogens with zero attached hydrogens (tertiary/aromatic N) is 4. The van der Waals surface area contributed by atoms with Crippen LogP contribution < -0.4 is 11.3 Å². The number of rotatable bonds is 3. The molecule has 0 spiro atoms. The summed E-state index contributed by atoms with van der Waals surface area (Å²) in [5.74, 6) is 5.85. The minimum Gasteiger partial charge on any atom is -0.308 e. The number of nitrogens with two attached hydrogens (primary N) is 1. The Labute approximate surface area is 109 Å². The van der Waals surface area contributed by atoms with Gasteiger partial charge in [0.1, 0.15) is 5.82 Å². The summed E-state index contributed by atoms with van der Waals surface area (Å²) in [6, 6.07) is 2.63. The summed E-state index contributed by atoms with van der Waals surface area (Å²) in [5.41, 5.74) is 4.98. The SMILES string of the molecule is Cc1nn(-c2cc([N+](=O)[O-])cc(NN)n2)c(C)c1C. The van der Waals surface area contributed by atoms with Crippen LogP contribution in [0.4, 0.5) is 11.5 Å². The van der Waals surface area contributed by atoms with Gasteiger partial charge in [0, 0.05) is 5.69 Å². The lowest BCUT2D eigenvalue weighted by Gasteiger charge is -2.06. The third-order valence-corrected chi connectivity index (χ3v) is 3.03. The number of aromatic nitrogens is 3. The fourth-order valence-corrected chi connectivity index (χ4v) is 1.73. The summed E-state index contributed by atoms with van der Waals surface area (Å²) >= 11 is 0. The van der Waals surface area contributed by atoms with E-state index in [2.05, 4.69) is 15.5 Å². The quantitative estimate of drug-likeness (QED) is 0.491. The van der Waals surface area contributed by atoms with Crippen molar-refractivity contribution in [1.29, 1.82) is 0 Å². The molecule has 0 aliphatic carbocycles. The predicted octanol–water partition coefficient (Wildman–Crippen LogP) is 1.39. The summed E-state index contributed by atoms with van der Waals surface area (Å²) < 4.78 is 1.57. The second kappa shape index (κ2) is 4.65. The molecule has 2 heterocycles. The van der Waals surface area contributed by atoms with E-state index in [0.717, 1.165) is 17.0 Å². The predicted molar refractivity (Wildman–Crippen MR) is 70.0 cm³/mol. The molecule has 100 valence electrons. The van der Waals surface area contributed by atoms with Crippen molar-refractivity contribution in [3.8, 4) is 5.82 Å². The van der Waals surface area contributed by atoms with Crippen molar-refractivity contribution in [1.82, 2.24) is 14.8 Å². The maximum absolute atomic E-state index is 10.9. The van der Waals surface area contributed by atoms with Gasteiger partial charge in [-0.05, 0) is 26.3 Å². The lowest BCUT2D eigenvalue weighted by atomic mass is 10.2. The number of aryl methyl sites for hydroxylation is 1. The molecule has 8 nitrogen and oxygen atoms in total. The van der Waals surface area contributed by atoms with Gasteiger partial charge >= 0.3 is 0 Å². The van der Waals surface area contributed by atoms with Crippen LogP contribution in [-0.4, -0.2) is 19.7 Å². The van der Waals surface area contributed by atoms with E-state index >= 15 is 0 Å². The largest absolute Gasteiger partial charge is 0.308 e. The van der Waals surface area contributed by atoms with Crippen molar-refractivity contribution < 1.29 is 4.92 Å². The maximum atomic E-state index is 10.9. The zero-order valence-corrected chi connectivity index (χ0v) is 10.8. The third kappa shape index (κ3) is 2.25. The van der Waals surface area contributed by atoms with Gasteiger partial charge in [0.05, 0.1) is 22.7 Å². The van der Waals surface area contributed by atoms with Crippen LogP contribution >= 0.6 is 0 Å². The Balaban J connectivity index is 2.64. The first kappa shape index (κ1) is 13.0. The fourth-order valence-electron chi connectivity index (χ4n) is 1.73. The first-order valence-corrected chi connectivity index (χ1v) is 5.60. The molecule has 0 aromatic carbocycles. The van der Waals surface area contributed by atoms with Crippen LogP contribution in [0.3, 0.4) is 0 Å². The molecule has 2 aromatic heterocycles. The Morgan fingerprint density at radius 2 is 2.05 bits per heavy atom. The highest BCUT2D eigenvalue weighted by atomic mass is 16.6. The van der Waals surface area contributed by atoms with Gasteiger partial charge in [-0.2, -0.15) is 5.10 Å². The molecule has 3 N–H and O–H groups in total. The molecular weight excluding hydrogens is 248 g/mol. The lowest BCUT2D eigenvalue weighted by molar-refractivity contribution is -0.384. The molecule has 0 saturated carbocycles. The van der Waals surface area contributed by atoms with Gasteiger partial charge in [0.2, 0.25) is 0 Å². The number of pyridine rings is 1. The Bertz CT molecular complexity index is 649. The van der Waals surface area contributed by atoms with Crippen molar-refractivity contribution in [2.24, 2.45) is 5.84 Å². The molecule has 0 unspecified atom stereocenters. The monoisotopic (exact) mass is 262 g/mol. The molecule has 0 aliphatic heterocycles. The van der Waals surface area contributed by atoms with Crippen molar-refractivity contribution in [2.75, 3.05) is 5.43 Å². The minimum absolute atomic E-state index is 0.0943. The van der Waals surface area contributed by atoms with Crippen LogP contribution in [0.2, 0.25) is 0 Å². The molecule has 19 heavy (non-hydrogen) atoms. The van der Waals surface area contributed by atoms with E-state index in [9.17, 15) is 10.1 Å². The number of nitrogen functional groups attached to an aromatic ring is 1. The highest BCUT2D eigenvalue weighted by Crippen LogP contribution is 2.22. The molecule has 2 rings (SSSR count). The van der Waals surface area contributed by atoms with Crippen molar-refractivity contribution in [2.45, 2.75) is 20.8 Å². The summed E-state index contributed by atoms with van der Waals surface area (Å²) in [4.78, 5) is 14.6. The van der Waals surface area contributed by atoms with E-state index in [4.69, 9.17) is 5.84 Å². The van der Waals surface area contributed by atoms with Crippen LogP contribution in [0.15, 0.2) is 12.1 Å². The summed E-state index contributed by atoms with van der Waals surface area (Å²) in [6.07, 6.45) is 0. The van der Waals surface area contributed by atoms with E-state index < -0.39 is 4.92 Å². The first-order chi connectivity index (χ1) is 8.93. The van der Waals surface area contributed by atoms with E-state index in [0.29, 0.717) is 5.82 Å². The molecule has 0 bridgehead atoms. The standard InChI is InChI=1S/C11H14N6O2/c1-6-7(2)15-16(8(6)3)11-5-9(17(18)19)4-10(13-11)14-12/h4-5H,12H2,1-3H3,(H,13,14). The molecular formula is C11H14N6O2. The molecule has 0 amide bonds. The number of hydrogen-bond acceptors (Lipinski definition) is 6. The summed E-state index contributed by atoms with van der Waals surface area (Å²) in [7, 11) is 0. The van der Waals surface area contributed by atoms with Gasteiger partial charge in [-0.25, -0.2) is 15.5 Å². The average Bonchev–Trinajstić information content (AvgIpc) is 2.66. The number of nitrogens with one attached hydrogen (secondary N) is 1. The van der Waals surface area contributed by atoms with Gasteiger partial charge < -0.3 is 5.43 Å². The zero-order valence-electron chi connectivity index (χ0n) is 10.8. The molecule has 2 aromatic rings. The van der Waals surface area contributed by atoms with E-state index in [1.165, 1.54) is 12.1 Å². The van der Waals surface area contributed by atoms with Crippen LogP contribution in [-0.2, 0) is 0 Å². The Morgan fingerprint density at radius 3 is 2.53 bits per heavy atom. The molecule has 0 radical (unpaired) electrons. The smallest absolute Gasteiger partial charge is 0.276 e. The van der Waals surface area contributed by atoms with E-state index in [-0.39, 0.29) is 11.5 Å². The minimum atomic E-state index is -0.495. The van der Waals surface area contributed by atoms with Crippen LogP contribution in [0.25, 0.3) is 5.82 Å². The highest BCUT2D eigenvalue weighted by Gasteiger charge is 2.15. The van der Waals surface area contributed by atoms with E-state index in [1.807, 2.05) is 20.8 Å². The van der Waals surface area contributed by atoms with Crippen LogP contribution in [0.1, 0.15) is 17.0 Å². The summed E-state index contributed by atoms with van der Waals surface area (Å²) in [6.45, 7) is 5.69. The molecule has 0 saturated heterocycles. The Morgan fingerprint density at radius 1 is 1.37 bits per heavy atom. The molecule has 8 heteroatoms. The van der Waals surface area contributed by atoms with Crippen molar-refractivity contribution >= 4 is 11.5 Å². The Hall–Kier alpha value is -2.48. The molecule has 0 atom stereocenters. The zero-order chi connectivity index (χ0) is 14.2. The first-order valence-electron chi connectivity index (χ1n) is 5.60. The number of hydrazine groups is 1. The van der Waals surface area contributed by atoms with Gasteiger partial charge in [-0.1, -0.05) is 0 Å². The van der Waals surface area contributed by atoms with Crippen LogP contribution in [0.5, 0.6) is 0 Å². The van der Waals surface area contributed by atoms with Gasteiger partial charge in [0.15, 0.2) is 5.82 Å². The highest BCUT2D eigenvalue weighted by molar-refractivity contribution is 5.50. The Kier molecular flexibility index (Phi) is 3.17. The molecule has 0 aliphatic rings. The summed E-state index contributed by atoms with van der Waals surface area (Å²) in [5, 5.41) is 15.2. The number of nitro groups is 1. The van der Waals surface area contributed by atoms with E-state index in [1.54, 1.807) is 4.68 Å². The van der Waals surface area contributed by atoms with Crippen molar-refractivity contribution in [3.05, 3.63) is 39.2 Å². The topological polar surface area (TPSA) is 112 Å². The molecule has 0 fully saturated rings. The number of hydrogen-bond donors (Lipinski definition) is 2. The van der Waals surface area contributed by atoms with Gasteiger partial charge in [0.25, 0.3) is 5.69 Å². The maximum Gasteiger partial charge on any atom is 0.276 e. The fraction of sp³-hybridized carbons (Fsp3) is 0.273. The average molecular weight is 262 g/mol. The van der Waals surface area contributed by atoms with Crippen LogP contribution in [0, 0.1) is 30.9 Å². The van der Waals surface area contributed by atoms with Crippen molar-refractivity contribution in [3.63, 3.8) is 0 Å². The second-order valence-electron chi connectivity index (χ2n) is 4.18. The number of anilines is 1. The normalized spacial score (nSPS) is 10.5.